The molecule has 9 nitrogen and oxygen atoms in total. The zero-order chi connectivity index (χ0) is 22.7. The number of esters is 1. The number of hydrogen-bond acceptors (Lipinski definition) is 8. The van der Waals surface area contributed by atoms with Crippen molar-refractivity contribution in [2.24, 2.45) is 5.92 Å². The van der Waals surface area contributed by atoms with Gasteiger partial charge in [-0.05, 0) is 24.0 Å². The summed E-state index contributed by atoms with van der Waals surface area (Å²) < 4.78 is 22.0. The Balaban J connectivity index is 1.21. The van der Waals surface area contributed by atoms with Crippen LogP contribution in [0.3, 0.4) is 0 Å². The van der Waals surface area contributed by atoms with Gasteiger partial charge in [0.05, 0.1) is 42.5 Å². The number of carbonyl (C=O) groups is 1. The van der Waals surface area contributed by atoms with E-state index in [0.29, 0.717) is 34.5 Å². The van der Waals surface area contributed by atoms with Crippen LogP contribution < -0.4 is 4.74 Å². The second-order valence-electron chi connectivity index (χ2n) is 8.65. The topological polar surface area (TPSA) is 116 Å². The Morgan fingerprint density at radius 2 is 1.97 bits per heavy atom. The lowest BCUT2D eigenvalue weighted by Gasteiger charge is -2.15. The minimum Gasteiger partial charge on any atom is -0.469 e. The molecule has 6 rings (SSSR count). The fraction of sp³-hybridized carbons (Fsp3) is 0.435. The Morgan fingerprint density at radius 3 is 2.76 bits per heavy atom. The lowest BCUT2D eigenvalue weighted by molar-refractivity contribution is -0.142. The quantitative estimate of drug-likeness (QED) is 0.545. The monoisotopic (exact) mass is 471 g/mol. The van der Waals surface area contributed by atoms with Gasteiger partial charge in [-0.15, -0.1) is 0 Å². The summed E-state index contributed by atoms with van der Waals surface area (Å²) in [5.74, 6) is -0.0152. The molecule has 3 aromatic rings. The number of halogens is 1. The van der Waals surface area contributed by atoms with Gasteiger partial charge in [0, 0.05) is 5.56 Å². The molecule has 4 heterocycles. The molecule has 0 radical (unpaired) electrons. The third-order valence-electron chi connectivity index (χ3n) is 6.56. The van der Waals surface area contributed by atoms with E-state index in [1.54, 1.807) is 6.07 Å². The number of H-pyrrole nitrogens is 1. The zero-order valence-corrected chi connectivity index (χ0v) is 18.5. The maximum atomic E-state index is 11.7. The van der Waals surface area contributed by atoms with Crippen LogP contribution in [0.25, 0.3) is 22.4 Å². The highest BCUT2D eigenvalue weighted by Gasteiger charge is 2.48. The van der Waals surface area contributed by atoms with Crippen molar-refractivity contribution in [3.63, 3.8) is 0 Å². The summed E-state index contributed by atoms with van der Waals surface area (Å²) >= 11 is 6.52. The standard InChI is InChI=1S/C23H22ClN3O6/c1-30-22(29)13-6-12(13)10-2-4-11(5-3-10)18-14(24)7-15-21(26-18)27-23(25-15)33-17-9-32-19-16(28)8-31-20(17)19/h2-5,7,12-13,16-17,19-20,28H,6,8-9H2,1H3,(H,25,26,27)/t12-,13+,16+,17+,19+,20+/m0/s1. The van der Waals surface area contributed by atoms with Crippen molar-refractivity contribution in [3.8, 4) is 17.3 Å². The molecule has 0 amide bonds. The average molecular weight is 472 g/mol. The number of methoxy groups -OCH3 is 1. The Labute approximate surface area is 194 Å². The van der Waals surface area contributed by atoms with E-state index in [0.717, 1.165) is 17.5 Å². The molecule has 6 atom stereocenters. The van der Waals surface area contributed by atoms with Gasteiger partial charge in [0.2, 0.25) is 0 Å². The van der Waals surface area contributed by atoms with E-state index in [1.807, 2.05) is 24.3 Å². The van der Waals surface area contributed by atoms with Crippen molar-refractivity contribution >= 4 is 28.7 Å². The van der Waals surface area contributed by atoms with Crippen molar-refractivity contribution in [2.75, 3.05) is 20.3 Å². The Hall–Kier alpha value is -2.72. The maximum Gasteiger partial charge on any atom is 0.309 e. The smallest absolute Gasteiger partial charge is 0.309 e. The van der Waals surface area contributed by atoms with Crippen LogP contribution in [0.5, 0.6) is 6.01 Å². The molecular weight excluding hydrogens is 450 g/mol. The van der Waals surface area contributed by atoms with Gasteiger partial charge in [-0.1, -0.05) is 35.9 Å². The molecule has 1 saturated carbocycles. The van der Waals surface area contributed by atoms with Gasteiger partial charge in [-0.3, -0.25) is 4.79 Å². The molecule has 1 aliphatic carbocycles. The average Bonchev–Trinajstić information content (AvgIpc) is 3.16. The summed E-state index contributed by atoms with van der Waals surface area (Å²) in [6, 6.07) is 9.96. The first-order chi connectivity index (χ1) is 16.0. The first kappa shape index (κ1) is 20.9. The minimum absolute atomic E-state index is 0.0557. The van der Waals surface area contributed by atoms with Crippen LogP contribution in [0, 0.1) is 5.92 Å². The van der Waals surface area contributed by atoms with Crippen molar-refractivity contribution in [1.82, 2.24) is 15.0 Å². The van der Waals surface area contributed by atoms with E-state index in [9.17, 15) is 9.90 Å². The fourth-order valence-electron chi connectivity index (χ4n) is 4.71. The van der Waals surface area contributed by atoms with Crippen molar-refractivity contribution in [1.29, 1.82) is 0 Å². The lowest BCUT2D eigenvalue weighted by atomic mass is 10.0. The molecule has 3 fully saturated rings. The number of benzene rings is 1. The summed E-state index contributed by atoms with van der Waals surface area (Å²) in [4.78, 5) is 23.9. The van der Waals surface area contributed by atoms with E-state index in [-0.39, 0.29) is 42.7 Å². The molecule has 2 N–H and O–H groups in total. The molecule has 3 aliphatic rings. The molecule has 0 bridgehead atoms. The van der Waals surface area contributed by atoms with Crippen LogP contribution in [-0.4, -0.2) is 70.8 Å². The predicted octanol–water partition coefficient (Wildman–Crippen LogP) is 2.46. The summed E-state index contributed by atoms with van der Waals surface area (Å²) in [5, 5.41) is 10.4. The van der Waals surface area contributed by atoms with Crippen molar-refractivity contribution < 1.29 is 28.8 Å². The highest BCUT2D eigenvalue weighted by Crippen LogP contribution is 2.48. The van der Waals surface area contributed by atoms with Gasteiger partial charge in [0.1, 0.15) is 18.3 Å². The van der Waals surface area contributed by atoms with Crippen LogP contribution in [-0.2, 0) is 19.0 Å². The van der Waals surface area contributed by atoms with Gasteiger partial charge in [0.25, 0.3) is 6.01 Å². The van der Waals surface area contributed by atoms with Gasteiger partial charge >= 0.3 is 5.97 Å². The summed E-state index contributed by atoms with van der Waals surface area (Å²) in [5.41, 5.74) is 3.69. The number of aliphatic hydroxyl groups is 1. The minimum atomic E-state index is -0.639. The van der Waals surface area contributed by atoms with E-state index in [4.69, 9.17) is 30.5 Å². The van der Waals surface area contributed by atoms with E-state index in [2.05, 4.69) is 15.0 Å². The van der Waals surface area contributed by atoms with Crippen LogP contribution in [0.4, 0.5) is 0 Å². The number of rotatable bonds is 5. The number of aromatic amines is 1. The molecule has 0 unspecified atom stereocenters. The number of fused-ring (bicyclic) bond motifs is 2. The third kappa shape index (κ3) is 3.65. The maximum absolute atomic E-state index is 11.7. The number of nitrogens with zero attached hydrogens (tertiary/aromatic N) is 2. The second kappa shape index (κ2) is 7.95. The first-order valence-corrected chi connectivity index (χ1v) is 11.2. The molecule has 2 aromatic heterocycles. The summed E-state index contributed by atoms with van der Waals surface area (Å²) in [6.07, 6.45) is -0.902. The number of aromatic nitrogens is 3. The Morgan fingerprint density at radius 1 is 1.18 bits per heavy atom. The van der Waals surface area contributed by atoms with E-state index < -0.39 is 6.10 Å². The Kier molecular flexibility index (Phi) is 5.02. The van der Waals surface area contributed by atoms with Gasteiger partial charge in [-0.25, -0.2) is 4.98 Å². The molecule has 1 aromatic carbocycles. The summed E-state index contributed by atoms with van der Waals surface area (Å²) in [6.45, 7) is 0.547. The second-order valence-corrected chi connectivity index (χ2v) is 9.05. The number of carbonyl (C=O) groups excluding carboxylic acids is 1. The van der Waals surface area contributed by atoms with Gasteiger partial charge in [0.15, 0.2) is 11.8 Å². The Bertz CT molecular complexity index is 1210. The van der Waals surface area contributed by atoms with Gasteiger partial charge in [-0.2, -0.15) is 4.98 Å². The molecule has 10 heteroatoms. The SMILES string of the molecule is COC(=O)[C@@H]1C[C@H]1c1ccc(-c2nc3nc(O[C@@H]4CO[C@H]5[C@@H]4OC[C@H]5O)[nH]c3cc2Cl)cc1. The predicted molar refractivity (Wildman–Crippen MR) is 117 cm³/mol. The number of pyridine rings is 1. The molecular formula is C23H22ClN3O6. The highest BCUT2D eigenvalue weighted by molar-refractivity contribution is 6.33. The third-order valence-corrected chi connectivity index (χ3v) is 6.84. The van der Waals surface area contributed by atoms with Crippen LogP contribution in [0.1, 0.15) is 17.9 Å². The lowest BCUT2D eigenvalue weighted by Crippen LogP contribution is -2.34. The first-order valence-electron chi connectivity index (χ1n) is 10.8. The number of aliphatic hydroxyl groups excluding tert-OH is 1. The number of ether oxygens (including phenoxy) is 4. The number of imidazole rings is 1. The molecule has 172 valence electrons. The number of hydrogen-bond donors (Lipinski definition) is 2. The molecule has 2 aliphatic heterocycles. The van der Waals surface area contributed by atoms with Crippen molar-refractivity contribution in [3.05, 3.63) is 40.9 Å². The molecule has 0 spiro atoms. The highest BCUT2D eigenvalue weighted by atomic mass is 35.5. The van der Waals surface area contributed by atoms with Crippen LogP contribution in [0.15, 0.2) is 30.3 Å². The zero-order valence-electron chi connectivity index (χ0n) is 17.7. The van der Waals surface area contributed by atoms with E-state index in [1.165, 1.54) is 7.11 Å². The largest absolute Gasteiger partial charge is 0.469 e. The van der Waals surface area contributed by atoms with Gasteiger partial charge < -0.3 is 29.0 Å². The van der Waals surface area contributed by atoms with E-state index >= 15 is 0 Å². The van der Waals surface area contributed by atoms with Crippen molar-refractivity contribution in [2.45, 2.75) is 36.8 Å². The fourth-order valence-corrected chi connectivity index (χ4v) is 4.97. The molecule has 33 heavy (non-hydrogen) atoms. The van der Waals surface area contributed by atoms with Crippen LogP contribution in [0.2, 0.25) is 5.02 Å². The normalized spacial score (nSPS) is 30.4. The van der Waals surface area contributed by atoms with Crippen LogP contribution >= 0.6 is 11.6 Å². The molecule has 2 saturated heterocycles. The number of nitrogens with one attached hydrogen (secondary N) is 1. The summed E-state index contributed by atoms with van der Waals surface area (Å²) in [7, 11) is 1.42.